The molecule has 6 heteroatoms. The van der Waals surface area contributed by atoms with Crippen molar-refractivity contribution in [1.29, 1.82) is 0 Å². The third-order valence-electron chi connectivity index (χ3n) is 4.53. The number of anilines is 3. The van der Waals surface area contributed by atoms with Crippen molar-refractivity contribution < 1.29 is 0 Å². The summed E-state index contributed by atoms with van der Waals surface area (Å²) in [5.74, 6) is 1.47. The molecule has 0 atom stereocenters. The van der Waals surface area contributed by atoms with E-state index in [1.807, 2.05) is 30.3 Å². The van der Waals surface area contributed by atoms with Crippen LogP contribution in [0.2, 0.25) is 0 Å². The van der Waals surface area contributed by atoms with Crippen molar-refractivity contribution in [2.75, 3.05) is 10.6 Å². The van der Waals surface area contributed by atoms with Gasteiger partial charge in [-0.2, -0.15) is 4.98 Å². The van der Waals surface area contributed by atoms with Crippen LogP contribution in [0.5, 0.6) is 0 Å². The van der Waals surface area contributed by atoms with Crippen LogP contribution in [0.1, 0.15) is 25.7 Å². The van der Waals surface area contributed by atoms with Crippen LogP contribution in [0.15, 0.2) is 54.9 Å². The van der Waals surface area contributed by atoms with Gasteiger partial charge in [-0.15, -0.1) is 0 Å². The predicted molar refractivity (Wildman–Crippen MR) is 114 cm³/mol. The van der Waals surface area contributed by atoms with Crippen LogP contribution in [0.25, 0.3) is 11.3 Å². The molecule has 1 aliphatic rings. The van der Waals surface area contributed by atoms with E-state index in [-0.39, 0.29) is 0 Å². The summed E-state index contributed by atoms with van der Waals surface area (Å²) >= 11 is 2.33. The third-order valence-corrected chi connectivity index (χ3v) is 5.47. The summed E-state index contributed by atoms with van der Waals surface area (Å²) in [6.45, 7) is 0. The Morgan fingerprint density at radius 1 is 0.962 bits per heavy atom. The molecule has 0 saturated heterocycles. The minimum Gasteiger partial charge on any atom is -0.351 e. The number of hydrogen-bond donors (Lipinski definition) is 2. The lowest BCUT2D eigenvalue weighted by molar-refractivity contribution is 0.744. The van der Waals surface area contributed by atoms with Crippen molar-refractivity contribution in [2.45, 2.75) is 31.7 Å². The minimum absolute atomic E-state index is 0.465. The van der Waals surface area contributed by atoms with E-state index in [4.69, 9.17) is 9.97 Å². The van der Waals surface area contributed by atoms with Crippen molar-refractivity contribution in [3.8, 4) is 11.3 Å². The number of hydrogen-bond acceptors (Lipinski definition) is 5. The fourth-order valence-corrected chi connectivity index (χ4v) is 3.72. The van der Waals surface area contributed by atoms with Crippen LogP contribution in [0, 0.1) is 3.57 Å². The van der Waals surface area contributed by atoms with Crippen LogP contribution in [0.4, 0.5) is 17.5 Å². The van der Waals surface area contributed by atoms with Crippen LogP contribution in [-0.4, -0.2) is 21.0 Å². The van der Waals surface area contributed by atoms with Gasteiger partial charge in [0.15, 0.2) is 0 Å². The molecular weight excluding hydrogens is 437 g/mol. The SMILES string of the molecule is Ic1ccccc1Nc1cc(-c2ccncc2)nc(NC2CCCC2)n1. The van der Waals surface area contributed by atoms with E-state index in [0.29, 0.717) is 12.0 Å². The zero-order valence-electron chi connectivity index (χ0n) is 14.3. The highest BCUT2D eigenvalue weighted by Gasteiger charge is 2.17. The van der Waals surface area contributed by atoms with Gasteiger partial charge in [-0.1, -0.05) is 25.0 Å². The molecule has 0 unspecified atom stereocenters. The predicted octanol–water partition coefficient (Wildman–Crippen LogP) is 5.24. The summed E-state index contributed by atoms with van der Waals surface area (Å²) in [7, 11) is 0. The molecule has 0 radical (unpaired) electrons. The maximum Gasteiger partial charge on any atom is 0.225 e. The fraction of sp³-hybridized carbons (Fsp3) is 0.250. The first-order valence-corrected chi connectivity index (χ1v) is 9.93. The van der Waals surface area contributed by atoms with Crippen molar-refractivity contribution in [1.82, 2.24) is 15.0 Å². The Hall–Kier alpha value is -2.22. The third kappa shape index (κ3) is 4.12. The topological polar surface area (TPSA) is 62.7 Å². The van der Waals surface area contributed by atoms with Gasteiger partial charge in [0.2, 0.25) is 5.95 Å². The summed E-state index contributed by atoms with van der Waals surface area (Å²) in [6.07, 6.45) is 8.48. The molecule has 0 aliphatic heterocycles. The monoisotopic (exact) mass is 457 g/mol. The lowest BCUT2D eigenvalue weighted by atomic mass is 10.2. The smallest absolute Gasteiger partial charge is 0.225 e. The molecular formula is C20H20IN5. The molecule has 1 aliphatic carbocycles. The highest BCUT2D eigenvalue weighted by atomic mass is 127. The largest absolute Gasteiger partial charge is 0.351 e. The number of nitrogens with one attached hydrogen (secondary N) is 2. The fourth-order valence-electron chi connectivity index (χ4n) is 3.20. The number of halogens is 1. The molecule has 0 spiro atoms. The van der Waals surface area contributed by atoms with Gasteiger partial charge < -0.3 is 10.6 Å². The van der Waals surface area contributed by atoms with E-state index in [9.17, 15) is 0 Å². The van der Waals surface area contributed by atoms with E-state index in [0.717, 1.165) is 26.3 Å². The standard InChI is InChI=1S/C20H20IN5/c21-16-7-3-4-8-17(16)24-19-13-18(14-9-11-22-12-10-14)25-20(26-19)23-15-5-1-2-6-15/h3-4,7-13,15H,1-2,5-6H2,(H2,23,24,25,26). The molecule has 0 bridgehead atoms. The second-order valence-electron chi connectivity index (χ2n) is 6.43. The second kappa shape index (κ2) is 7.99. The van der Waals surface area contributed by atoms with Gasteiger partial charge in [0.05, 0.1) is 11.4 Å². The van der Waals surface area contributed by atoms with E-state index < -0.39 is 0 Å². The first kappa shape index (κ1) is 17.2. The molecule has 2 heterocycles. The number of pyridine rings is 1. The summed E-state index contributed by atoms with van der Waals surface area (Å²) < 4.78 is 1.15. The Bertz CT molecular complexity index is 878. The molecule has 132 valence electrons. The molecule has 2 aromatic heterocycles. The van der Waals surface area contributed by atoms with E-state index in [2.05, 4.69) is 50.3 Å². The summed E-state index contributed by atoms with van der Waals surface area (Å²) in [5, 5.41) is 6.95. The zero-order chi connectivity index (χ0) is 17.8. The first-order chi connectivity index (χ1) is 12.8. The molecule has 3 aromatic rings. The van der Waals surface area contributed by atoms with Crippen molar-refractivity contribution >= 4 is 40.0 Å². The maximum atomic E-state index is 4.74. The number of rotatable bonds is 5. The molecule has 0 amide bonds. The number of nitrogens with zero attached hydrogens (tertiary/aromatic N) is 3. The number of para-hydroxylation sites is 1. The minimum atomic E-state index is 0.465. The molecule has 1 saturated carbocycles. The van der Waals surface area contributed by atoms with E-state index >= 15 is 0 Å². The Balaban J connectivity index is 1.68. The molecule has 1 aromatic carbocycles. The van der Waals surface area contributed by atoms with Gasteiger partial charge in [-0.25, -0.2) is 4.98 Å². The Labute approximate surface area is 166 Å². The molecule has 5 nitrogen and oxygen atoms in total. The van der Waals surface area contributed by atoms with Gasteiger partial charge in [-0.3, -0.25) is 4.98 Å². The highest BCUT2D eigenvalue weighted by Crippen LogP contribution is 2.27. The first-order valence-electron chi connectivity index (χ1n) is 8.85. The number of aromatic nitrogens is 3. The van der Waals surface area contributed by atoms with Gasteiger partial charge in [0, 0.05) is 33.6 Å². The average molecular weight is 457 g/mol. The molecule has 1 fully saturated rings. The van der Waals surface area contributed by atoms with Crippen LogP contribution in [-0.2, 0) is 0 Å². The second-order valence-corrected chi connectivity index (χ2v) is 7.59. The normalized spacial score (nSPS) is 14.3. The highest BCUT2D eigenvalue weighted by molar-refractivity contribution is 14.1. The summed E-state index contributed by atoms with van der Waals surface area (Å²) in [5.41, 5.74) is 2.96. The lowest BCUT2D eigenvalue weighted by Crippen LogP contribution is -2.17. The summed E-state index contributed by atoms with van der Waals surface area (Å²) in [6, 6.07) is 14.6. The van der Waals surface area contributed by atoms with Crippen LogP contribution >= 0.6 is 22.6 Å². The average Bonchev–Trinajstić information content (AvgIpc) is 3.17. The molecule has 2 N–H and O–H groups in total. The van der Waals surface area contributed by atoms with Crippen LogP contribution < -0.4 is 10.6 Å². The van der Waals surface area contributed by atoms with Crippen molar-refractivity contribution in [3.05, 3.63) is 58.4 Å². The summed E-state index contributed by atoms with van der Waals surface area (Å²) in [4.78, 5) is 13.5. The van der Waals surface area contributed by atoms with Crippen LogP contribution in [0.3, 0.4) is 0 Å². The Morgan fingerprint density at radius 2 is 1.73 bits per heavy atom. The quantitative estimate of drug-likeness (QED) is 0.513. The van der Waals surface area contributed by atoms with Gasteiger partial charge >= 0.3 is 0 Å². The Morgan fingerprint density at radius 3 is 2.50 bits per heavy atom. The zero-order valence-corrected chi connectivity index (χ0v) is 16.5. The number of benzene rings is 1. The van der Waals surface area contributed by atoms with Gasteiger partial charge in [0.25, 0.3) is 0 Å². The van der Waals surface area contributed by atoms with Crippen molar-refractivity contribution in [2.24, 2.45) is 0 Å². The molecule has 4 rings (SSSR count). The maximum absolute atomic E-state index is 4.74. The van der Waals surface area contributed by atoms with E-state index in [1.165, 1.54) is 25.7 Å². The lowest BCUT2D eigenvalue weighted by Gasteiger charge is -2.15. The molecule has 26 heavy (non-hydrogen) atoms. The van der Waals surface area contributed by atoms with Crippen molar-refractivity contribution in [3.63, 3.8) is 0 Å². The van der Waals surface area contributed by atoms with E-state index in [1.54, 1.807) is 12.4 Å². The Kier molecular flexibility index (Phi) is 5.29. The van der Waals surface area contributed by atoms with Gasteiger partial charge in [-0.05, 0) is 59.7 Å². The van der Waals surface area contributed by atoms with Gasteiger partial charge in [0.1, 0.15) is 5.82 Å².